The van der Waals surface area contributed by atoms with Crippen LogP contribution in [-0.2, 0) is 11.3 Å². The fourth-order valence-corrected chi connectivity index (χ4v) is 3.72. The molecule has 0 aliphatic heterocycles. The summed E-state index contributed by atoms with van der Waals surface area (Å²) in [5, 5.41) is 0.0582. The molecular formula is C18H10Cl4F14N4. The van der Waals surface area contributed by atoms with Crippen molar-refractivity contribution in [2.75, 3.05) is 5.73 Å². The van der Waals surface area contributed by atoms with Crippen molar-refractivity contribution in [3.63, 3.8) is 0 Å². The molecule has 228 valence electrons. The zero-order valence-electron chi connectivity index (χ0n) is 18.3. The van der Waals surface area contributed by atoms with Crippen LogP contribution in [0.25, 0.3) is 6.15 Å². The van der Waals surface area contributed by atoms with Gasteiger partial charge in [-0.1, -0.05) is 46.4 Å². The van der Waals surface area contributed by atoms with Gasteiger partial charge in [-0.25, -0.2) is 8.78 Å². The van der Waals surface area contributed by atoms with Crippen LogP contribution in [0.4, 0.5) is 72.8 Å². The number of hydrogen-bond acceptors (Lipinski definition) is 2. The average Bonchev–Trinajstić information content (AvgIpc) is 2.73. The van der Waals surface area contributed by atoms with E-state index in [4.69, 9.17) is 57.7 Å². The Morgan fingerprint density at radius 2 is 0.750 bits per heavy atom. The summed E-state index contributed by atoms with van der Waals surface area (Å²) in [5.41, 5.74) is -5.72. The van der Waals surface area contributed by atoms with Crippen LogP contribution in [0.5, 0.6) is 0 Å². The SMILES string of the molecule is Nc1c(Cl)cc(C(F)(C(F)(F)F)C(F)(F)F)cc1Cl.[NH2+]=Nc1c(Cl)cc(C(F)(C(F)(F)F)C(F)(F)F)cc1Cl.[NH2-]. The predicted molar refractivity (Wildman–Crippen MR) is 116 cm³/mol. The first kappa shape index (κ1) is 38.0. The summed E-state index contributed by atoms with van der Waals surface area (Å²) in [5.74, 6) is 0. The molecule has 0 fully saturated rings. The van der Waals surface area contributed by atoms with E-state index < -0.39 is 78.6 Å². The molecule has 22 heteroatoms. The second-order valence-electron chi connectivity index (χ2n) is 7.08. The van der Waals surface area contributed by atoms with Crippen molar-refractivity contribution >= 4 is 57.8 Å². The van der Waals surface area contributed by atoms with Crippen molar-refractivity contribution in [3.05, 3.63) is 61.6 Å². The second-order valence-corrected chi connectivity index (χ2v) is 8.71. The molecular weight excluding hydrogens is 680 g/mol. The summed E-state index contributed by atoms with van der Waals surface area (Å²) < 4.78 is 177. The van der Waals surface area contributed by atoms with Crippen LogP contribution < -0.4 is 11.3 Å². The van der Waals surface area contributed by atoms with Crippen molar-refractivity contribution in [1.29, 1.82) is 0 Å². The summed E-state index contributed by atoms with van der Waals surface area (Å²) in [6, 6.07) is 0.535. The van der Waals surface area contributed by atoms with Gasteiger partial charge in [0.05, 0.1) is 25.8 Å². The largest absolute Gasteiger partial charge is 0.693 e. The number of hydrogen-bond donors (Lipinski definition) is 2. The topological polar surface area (TPSA) is 97.5 Å². The van der Waals surface area contributed by atoms with Crippen LogP contribution >= 0.6 is 46.4 Å². The maximum absolute atomic E-state index is 13.7. The van der Waals surface area contributed by atoms with Crippen molar-refractivity contribution in [2.45, 2.75) is 36.0 Å². The van der Waals surface area contributed by atoms with E-state index in [0.29, 0.717) is 0 Å². The standard InChI is InChI=1S/C9H3Cl2F7N2.C9H4Cl2F7N.H2N/c10-4-1-3(2-5(11)6(4)20-19)7(12,8(13,14)15)9(16,17)18;10-4-1-3(2-5(11)6(4)19)7(12,8(13,14)15)9(16,17)18;/h1-2,19H;1-2H,19H2;1H2/q;;-1/p+1. The molecule has 4 nitrogen and oxygen atoms in total. The van der Waals surface area contributed by atoms with E-state index in [9.17, 15) is 61.5 Å². The molecule has 0 saturated carbocycles. The molecule has 0 spiro atoms. The number of anilines is 1. The van der Waals surface area contributed by atoms with Gasteiger partial charge in [0.1, 0.15) is 0 Å². The second kappa shape index (κ2) is 12.1. The molecule has 0 atom stereocenters. The molecule has 0 amide bonds. The highest BCUT2D eigenvalue weighted by Gasteiger charge is 2.74. The lowest BCUT2D eigenvalue weighted by molar-refractivity contribution is -0.349. The number of nitrogens with zero attached hydrogens (tertiary/aromatic N) is 1. The highest BCUT2D eigenvalue weighted by atomic mass is 35.5. The van der Waals surface area contributed by atoms with Gasteiger partial charge in [-0.05, 0) is 29.4 Å². The van der Waals surface area contributed by atoms with E-state index in [1.165, 1.54) is 0 Å². The van der Waals surface area contributed by atoms with Crippen LogP contribution in [0, 0.1) is 0 Å². The smallest absolute Gasteiger partial charge is 0.435 e. The summed E-state index contributed by atoms with van der Waals surface area (Å²) in [7, 11) is 0. The lowest BCUT2D eigenvalue weighted by atomic mass is 9.94. The Bertz CT molecular complexity index is 1150. The highest BCUT2D eigenvalue weighted by Crippen LogP contribution is 2.55. The van der Waals surface area contributed by atoms with Gasteiger partial charge < -0.3 is 11.9 Å². The fourth-order valence-electron chi connectivity index (χ4n) is 2.65. The van der Waals surface area contributed by atoms with Gasteiger partial charge >= 0.3 is 36.0 Å². The monoisotopic (exact) mass is 688 g/mol. The zero-order valence-corrected chi connectivity index (χ0v) is 21.3. The van der Waals surface area contributed by atoms with E-state index in [2.05, 4.69) is 5.11 Å². The van der Waals surface area contributed by atoms with Crippen LogP contribution in [0.1, 0.15) is 11.1 Å². The van der Waals surface area contributed by atoms with Gasteiger partial charge in [0.25, 0.3) is 0 Å². The summed E-state index contributed by atoms with van der Waals surface area (Å²) in [4.78, 5) is 0. The Labute approximate surface area is 233 Å². The predicted octanol–water partition coefficient (Wildman–Crippen LogP) is 9.71. The molecule has 0 saturated heterocycles. The normalized spacial score (nSPS) is 13.2. The molecule has 0 bridgehead atoms. The maximum atomic E-state index is 13.7. The Balaban J connectivity index is 0.000000743. The Morgan fingerprint density at radius 3 is 0.950 bits per heavy atom. The van der Waals surface area contributed by atoms with Crippen LogP contribution in [0.15, 0.2) is 29.4 Å². The summed E-state index contributed by atoms with van der Waals surface area (Å²) in [6.07, 6.45) is -25.0. The molecule has 0 unspecified atom stereocenters. The third kappa shape index (κ3) is 6.88. The van der Waals surface area contributed by atoms with Gasteiger partial charge in [-0.3, -0.25) is 0 Å². The first-order valence-corrected chi connectivity index (χ1v) is 10.5. The van der Waals surface area contributed by atoms with Crippen LogP contribution in [-0.4, -0.2) is 24.7 Å². The first-order chi connectivity index (χ1) is 17.2. The number of nitrogens with two attached hydrogens (primary N) is 3. The van der Waals surface area contributed by atoms with E-state index in [-0.39, 0.29) is 30.4 Å². The number of halogens is 18. The Kier molecular flexibility index (Phi) is 11.5. The number of nitrogen functional groups attached to an aromatic ring is 1. The zero-order chi connectivity index (χ0) is 31.2. The minimum absolute atomic E-state index is 0. The highest BCUT2D eigenvalue weighted by molar-refractivity contribution is 6.39. The summed E-state index contributed by atoms with van der Waals surface area (Å²) >= 11 is 21.4. The van der Waals surface area contributed by atoms with Gasteiger partial charge in [-0.15, -0.1) is 0 Å². The van der Waals surface area contributed by atoms with Crippen molar-refractivity contribution < 1.29 is 67.0 Å². The van der Waals surface area contributed by atoms with Gasteiger partial charge in [-0.2, -0.15) is 58.2 Å². The van der Waals surface area contributed by atoms with Crippen LogP contribution in [0.2, 0.25) is 20.1 Å². The fraction of sp³-hybridized carbons (Fsp3) is 0.333. The van der Waals surface area contributed by atoms with Crippen molar-refractivity contribution in [3.8, 4) is 0 Å². The molecule has 6 N–H and O–H groups in total. The number of benzene rings is 2. The Hall–Kier alpha value is -2.02. The molecule has 0 aliphatic carbocycles. The quantitative estimate of drug-likeness (QED) is 0.187. The molecule has 0 heterocycles. The Morgan fingerprint density at radius 1 is 0.525 bits per heavy atom. The van der Waals surface area contributed by atoms with Crippen LogP contribution in [0.3, 0.4) is 0 Å². The summed E-state index contributed by atoms with van der Waals surface area (Å²) in [6.45, 7) is 0. The molecule has 0 radical (unpaired) electrons. The molecule has 40 heavy (non-hydrogen) atoms. The lowest BCUT2D eigenvalue weighted by Gasteiger charge is -2.30. The van der Waals surface area contributed by atoms with Gasteiger partial charge in [0, 0.05) is 11.1 Å². The lowest BCUT2D eigenvalue weighted by Crippen LogP contribution is -2.50. The molecule has 2 aromatic carbocycles. The average molecular weight is 690 g/mol. The number of rotatable bonds is 3. The van der Waals surface area contributed by atoms with Crippen molar-refractivity contribution in [1.82, 2.24) is 0 Å². The van der Waals surface area contributed by atoms with E-state index in [1.54, 1.807) is 0 Å². The molecule has 0 aromatic heterocycles. The molecule has 2 aromatic rings. The molecule has 0 aliphatic rings. The minimum atomic E-state index is -6.25. The number of alkyl halides is 14. The maximum Gasteiger partial charge on any atom is 0.435 e. The molecule has 2 rings (SSSR count). The van der Waals surface area contributed by atoms with E-state index in [1.807, 2.05) is 0 Å². The van der Waals surface area contributed by atoms with E-state index >= 15 is 0 Å². The van der Waals surface area contributed by atoms with E-state index in [0.717, 1.165) is 0 Å². The third-order valence-corrected chi connectivity index (χ3v) is 5.78. The van der Waals surface area contributed by atoms with Crippen molar-refractivity contribution in [2.24, 2.45) is 5.11 Å². The van der Waals surface area contributed by atoms with Gasteiger partial charge in [0.2, 0.25) is 0 Å². The third-order valence-electron chi connectivity index (χ3n) is 4.58. The first-order valence-electron chi connectivity index (χ1n) is 8.98. The van der Waals surface area contributed by atoms with Gasteiger partial charge in [0.15, 0.2) is 5.69 Å². The minimum Gasteiger partial charge on any atom is -0.693 e.